The molecule has 1 aromatic carbocycles. The van der Waals surface area contributed by atoms with E-state index in [4.69, 9.17) is 4.52 Å². The number of carbonyl (C=O) groups is 2. The number of piperazine rings is 1. The smallest absolute Gasteiger partial charge is 0.227 e. The number of nitrogens with zero attached hydrogens (tertiary/aromatic N) is 4. The minimum Gasteiger partial charge on any atom is -0.339 e. The molecule has 2 heterocycles. The van der Waals surface area contributed by atoms with Crippen molar-refractivity contribution in [1.82, 2.24) is 19.9 Å². The first-order valence-corrected chi connectivity index (χ1v) is 8.15. The minimum atomic E-state index is -0.331. The molecule has 1 aliphatic heterocycles. The third kappa shape index (κ3) is 4.20. The highest BCUT2D eigenvalue weighted by molar-refractivity contribution is 5.77. The Hall–Kier alpha value is -2.77. The van der Waals surface area contributed by atoms with Gasteiger partial charge in [0.25, 0.3) is 0 Å². The van der Waals surface area contributed by atoms with Gasteiger partial charge in [-0.05, 0) is 24.3 Å². The van der Waals surface area contributed by atoms with Crippen LogP contribution in [0.25, 0.3) is 11.4 Å². The predicted molar refractivity (Wildman–Crippen MR) is 86.8 cm³/mol. The van der Waals surface area contributed by atoms with Gasteiger partial charge in [0.05, 0.1) is 0 Å². The molecule has 3 rings (SSSR count). The number of aromatic nitrogens is 2. The zero-order chi connectivity index (χ0) is 17.8. The van der Waals surface area contributed by atoms with E-state index < -0.39 is 0 Å². The average Bonchev–Trinajstić information content (AvgIpc) is 3.09. The van der Waals surface area contributed by atoms with E-state index in [1.165, 1.54) is 19.1 Å². The largest absolute Gasteiger partial charge is 0.339 e. The summed E-state index contributed by atoms with van der Waals surface area (Å²) in [6.07, 6.45) is 0.616. The standard InChI is InChI=1S/C17H19FN4O3/c1-12(23)21-8-10-22(11-9-21)16(24)7-6-15-19-17(20-25-15)13-2-4-14(18)5-3-13/h2-5H,6-11H2,1H3. The Morgan fingerprint density at radius 3 is 2.40 bits per heavy atom. The molecular weight excluding hydrogens is 327 g/mol. The summed E-state index contributed by atoms with van der Waals surface area (Å²) in [7, 11) is 0. The van der Waals surface area contributed by atoms with E-state index in [1.807, 2.05) is 0 Å². The van der Waals surface area contributed by atoms with Crippen LogP contribution in [0.5, 0.6) is 0 Å². The van der Waals surface area contributed by atoms with Gasteiger partial charge >= 0.3 is 0 Å². The van der Waals surface area contributed by atoms with Gasteiger partial charge in [0, 0.05) is 51.5 Å². The quantitative estimate of drug-likeness (QED) is 0.838. The number of halogens is 1. The van der Waals surface area contributed by atoms with Crippen LogP contribution in [0.4, 0.5) is 4.39 Å². The normalized spacial score (nSPS) is 14.6. The van der Waals surface area contributed by atoms with E-state index in [9.17, 15) is 14.0 Å². The number of aryl methyl sites for hydroxylation is 1. The van der Waals surface area contributed by atoms with E-state index in [1.54, 1.807) is 21.9 Å². The van der Waals surface area contributed by atoms with Gasteiger partial charge in [-0.25, -0.2) is 4.39 Å². The average molecular weight is 346 g/mol. The molecule has 8 heteroatoms. The van der Waals surface area contributed by atoms with E-state index in [2.05, 4.69) is 10.1 Å². The van der Waals surface area contributed by atoms with Gasteiger partial charge in [-0.1, -0.05) is 5.16 Å². The monoisotopic (exact) mass is 346 g/mol. The Balaban J connectivity index is 1.51. The molecular formula is C17H19FN4O3. The number of hydrogen-bond acceptors (Lipinski definition) is 5. The molecule has 1 fully saturated rings. The Kier molecular flexibility index (Phi) is 5.06. The fraction of sp³-hybridized carbons (Fsp3) is 0.412. The molecule has 0 radical (unpaired) electrons. The molecule has 7 nitrogen and oxygen atoms in total. The van der Waals surface area contributed by atoms with E-state index in [0.717, 1.165) is 0 Å². The maximum Gasteiger partial charge on any atom is 0.227 e. The van der Waals surface area contributed by atoms with E-state index >= 15 is 0 Å². The van der Waals surface area contributed by atoms with Gasteiger partial charge in [-0.15, -0.1) is 0 Å². The zero-order valence-electron chi connectivity index (χ0n) is 13.9. The SMILES string of the molecule is CC(=O)N1CCN(C(=O)CCc2nc(-c3ccc(F)cc3)no2)CC1. The first-order valence-electron chi connectivity index (χ1n) is 8.15. The van der Waals surface area contributed by atoms with Crippen molar-refractivity contribution in [2.45, 2.75) is 19.8 Å². The molecule has 132 valence electrons. The number of hydrogen-bond donors (Lipinski definition) is 0. The molecule has 1 aromatic heterocycles. The van der Waals surface area contributed by atoms with Crippen LogP contribution in [-0.4, -0.2) is 57.9 Å². The summed E-state index contributed by atoms with van der Waals surface area (Å²) in [5.41, 5.74) is 0.656. The van der Waals surface area contributed by atoms with E-state index in [0.29, 0.717) is 49.9 Å². The number of carbonyl (C=O) groups excluding carboxylic acids is 2. The highest BCUT2D eigenvalue weighted by Gasteiger charge is 2.22. The topological polar surface area (TPSA) is 79.5 Å². The second-order valence-corrected chi connectivity index (χ2v) is 5.91. The summed E-state index contributed by atoms with van der Waals surface area (Å²) >= 11 is 0. The molecule has 0 bridgehead atoms. The van der Waals surface area contributed by atoms with Gasteiger partial charge in [-0.3, -0.25) is 9.59 Å². The molecule has 0 atom stereocenters. The van der Waals surface area contributed by atoms with Crippen LogP contribution in [0.1, 0.15) is 19.2 Å². The Labute approximate surface area is 144 Å². The summed E-state index contributed by atoms with van der Waals surface area (Å²) in [6, 6.07) is 5.80. The second-order valence-electron chi connectivity index (χ2n) is 5.91. The van der Waals surface area contributed by atoms with Crippen molar-refractivity contribution in [3.8, 4) is 11.4 Å². The summed E-state index contributed by atoms with van der Waals surface area (Å²) < 4.78 is 18.1. The summed E-state index contributed by atoms with van der Waals surface area (Å²) in [6.45, 7) is 3.75. The van der Waals surface area contributed by atoms with Crippen molar-refractivity contribution < 1.29 is 18.5 Å². The van der Waals surface area contributed by atoms with Crippen LogP contribution in [0.3, 0.4) is 0 Å². The molecule has 0 spiro atoms. The number of amides is 2. The molecule has 25 heavy (non-hydrogen) atoms. The second kappa shape index (κ2) is 7.42. The molecule has 0 aliphatic carbocycles. The van der Waals surface area contributed by atoms with Crippen molar-refractivity contribution in [1.29, 1.82) is 0 Å². The van der Waals surface area contributed by atoms with Crippen LogP contribution >= 0.6 is 0 Å². The van der Waals surface area contributed by atoms with Crippen LogP contribution in [0.2, 0.25) is 0 Å². The molecule has 2 amide bonds. The van der Waals surface area contributed by atoms with Gasteiger partial charge < -0.3 is 14.3 Å². The predicted octanol–water partition coefficient (Wildman–Crippen LogP) is 1.50. The van der Waals surface area contributed by atoms with Gasteiger partial charge in [-0.2, -0.15) is 4.98 Å². The van der Waals surface area contributed by atoms with E-state index in [-0.39, 0.29) is 24.1 Å². The van der Waals surface area contributed by atoms with Crippen molar-refractivity contribution in [3.05, 3.63) is 36.0 Å². The summed E-state index contributed by atoms with van der Waals surface area (Å²) in [4.78, 5) is 31.3. The maximum absolute atomic E-state index is 12.9. The third-order valence-electron chi connectivity index (χ3n) is 4.20. The Morgan fingerprint density at radius 1 is 1.12 bits per heavy atom. The van der Waals surface area contributed by atoms with Crippen LogP contribution in [0, 0.1) is 5.82 Å². The maximum atomic E-state index is 12.9. The molecule has 0 saturated carbocycles. The molecule has 1 saturated heterocycles. The molecule has 0 N–H and O–H groups in total. The van der Waals surface area contributed by atoms with Gasteiger partial charge in [0.2, 0.25) is 23.5 Å². The van der Waals surface area contributed by atoms with Crippen molar-refractivity contribution >= 4 is 11.8 Å². The fourth-order valence-electron chi connectivity index (χ4n) is 2.72. The molecule has 1 aliphatic rings. The number of rotatable bonds is 4. The van der Waals surface area contributed by atoms with Crippen molar-refractivity contribution in [2.75, 3.05) is 26.2 Å². The lowest BCUT2D eigenvalue weighted by molar-refractivity contribution is -0.138. The van der Waals surface area contributed by atoms with Crippen LogP contribution in [-0.2, 0) is 16.0 Å². The third-order valence-corrected chi connectivity index (χ3v) is 4.20. The number of benzene rings is 1. The summed E-state index contributed by atoms with van der Waals surface area (Å²) in [5, 5.41) is 3.86. The lowest BCUT2D eigenvalue weighted by Crippen LogP contribution is -2.50. The van der Waals surface area contributed by atoms with Crippen LogP contribution < -0.4 is 0 Å². The highest BCUT2D eigenvalue weighted by Crippen LogP contribution is 2.17. The molecule has 2 aromatic rings. The lowest BCUT2D eigenvalue weighted by Gasteiger charge is -2.34. The minimum absolute atomic E-state index is 0.00438. The zero-order valence-corrected chi connectivity index (χ0v) is 13.9. The first-order chi connectivity index (χ1) is 12.0. The lowest BCUT2D eigenvalue weighted by atomic mass is 10.2. The Morgan fingerprint density at radius 2 is 1.76 bits per heavy atom. The summed E-state index contributed by atoms with van der Waals surface area (Å²) in [5.74, 6) is 0.450. The Bertz CT molecular complexity index is 752. The van der Waals surface area contributed by atoms with Gasteiger partial charge in [0.15, 0.2) is 0 Å². The van der Waals surface area contributed by atoms with Crippen molar-refractivity contribution in [3.63, 3.8) is 0 Å². The first kappa shape index (κ1) is 17.1. The fourth-order valence-corrected chi connectivity index (χ4v) is 2.72. The van der Waals surface area contributed by atoms with Gasteiger partial charge in [0.1, 0.15) is 5.82 Å². The highest BCUT2D eigenvalue weighted by atomic mass is 19.1. The molecule has 0 unspecified atom stereocenters. The van der Waals surface area contributed by atoms with Crippen LogP contribution in [0.15, 0.2) is 28.8 Å². The van der Waals surface area contributed by atoms with Crippen molar-refractivity contribution in [2.24, 2.45) is 0 Å².